The Morgan fingerprint density at radius 2 is 2.00 bits per heavy atom. The van der Waals surface area contributed by atoms with Crippen LogP contribution in [0.15, 0.2) is 30.5 Å². The molecule has 1 aromatic carbocycles. The van der Waals surface area contributed by atoms with E-state index < -0.39 is 0 Å². The Bertz CT molecular complexity index is 520. The second-order valence-electron chi connectivity index (χ2n) is 5.24. The molecule has 20 heavy (non-hydrogen) atoms. The summed E-state index contributed by atoms with van der Waals surface area (Å²) in [5.41, 5.74) is 2.63. The van der Waals surface area contributed by atoms with Crippen molar-refractivity contribution in [1.82, 2.24) is 4.98 Å². The highest BCUT2D eigenvalue weighted by Crippen LogP contribution is 2.29. The Labute approximate surface area is 125 Å². The van der Waals surface area contributed by atoms with Gasteiger partial charge in [-0.3, -0.25) is 0 Å². The van der Waals surface area contributed by atoms with Gasteiger partial charge in [-0.05, 0) is 23.5 Å². The lowest BCUT2D eigenvalue weighted by Gasteiger charge is -2.05. The maximum atomic E-state index is 5.01. The normalized spacial score (nSPS) is 11.0. The number of thiazole rings is 1. The number of ether oxygens (including phenoxy) is 1. The zero-order valence-corrected chi connectivity index (χ0v) is 13.2. The largest absolute Gasteiger partial charge is 0.383 e. The molecule has 0 atom stereocenters. The molecule has 1 heterocycles. The number of methoxy groups -OCH3 is 1. The summed E-state index contributed by atoms with van der Waals surface area (Å²) in [4.78, 5) is 5.58. The van der Waals surface area contributed by atoms with Gasteiger partial charge >= 0.3 is 0 Å². The number of hydrogen-bond donors (Lipinski definition) is 1. The number of rotatable bonds is 7. The first-order valence-corrected chi connectivity index (χ1v) is 7.78. The van der Waals surface area contributed by atoms with Crippen LogP contribution in [0.5, 0.6) is 0 Å². The SMILES string of the molecule is COCCNc1ncc(-c2ccc(CC(C)C)cc2)s1. The van der Waals surface area contributed by atoms with Crippen molar-refractivity contribution in [3.05, 3.63) is 36.0 Å². The molecule has 1 aromatic heterocycles. The van der Waals surface area contributed by atoms with Crippen molar-refractivity contribution in [3.8, 4) is 10.4 Å². The first kappa shape index (κ1) is 15.0. The summed E-state index contributed by atoms with van der Waals surface area (Å²) in [6.45, 7) is 5.97. The molecule has 0 saturated carbocycles. The van der Waals surface area contributed by atoms with E-state index in [-0.39, 0.29) is 0 Å². The van der Waals surface area contributed by atoms with Crippen LogP contribution in [0.2, 0.25) is 0 Å². The van der Waals surface area contributed by atoms with Gasteiger partial charge in [-0.15, -0.1) is 0 Å². The third kappa shape index (κ3) is 4.32. The molecule has 0 unspecified atom stereocenters. The molecule has 0 bridgehead atoms. The molecule has 0 fully saturated rings. The molecule has 0 saturated heterocycles. The lowest BCUT2D eigenvalue weighted by molar-refractivity contribution is 0.211. The number of nitrogens with one attached hydrogen (secondary N) is 1. The maximum absolute atomic E-state index is 5.01. The summed E-state index contributed by atoms with van der Waals surface area (Å²) >= 11 is 1.68. The second kappa shape index (κ2) is 7.41. The van der Waals surface area contributed by atoms with Gasteiger partial charge in [0, 0.05) is 19.9 Å². The van der Waals surface area contributed by atoms with Crippen LogP contribution in [-0.4, -0.2) is 25.2 Å². The van der Waals surface area contributed by atoms with Crippen molar-refractivity contribution < 1.29 is 4.74 Å². The number of anilines is 1. The van der Waals surface area contributed by atoms with Crippen LogP contribution in [0.4, 0.5) is 5.13 Å². The van der Waals surface area contributed by atoms with Crippen molar-refractivity contribution in [2.45, 2.75) is 20.3 Å². The molecule has 2 aromatic rings. The lowest BCUT2D eigenvalue weighted by atomic mass is 10.0. The fraction of sp³-hybridized carbons (Fsp3) is 0.438. The Kier molecular flexibility index (Phi) is 5.56. The van der Waals surface area contributed by atoms with Crippen molar-refractivity contribution in [2.24, 2.45) is 5.92 Å². The van der Waals surface area contributed by atoms with Gasteiger partial charge in [-0.2, -0.15) is 0 Å². The van der Waals surface area contributed by atoms with Crippen LogP contribution in [0.1, 0.15) is 19.4 Å². The van der Waals surface area contributed by atoms with E-state index in [1.807, 2.05) is 6.20 Å². The minimum atomic E-state index is 0.693. The number of nitrogens with zero attached hydrogens (tertiary/aromatic N) is 1. The van der Waals surface area contributed by atoms with Crippen LogP contribution in [-0.2, 0) is 11.2 Å². The van der Waals surface area contributed by atoms with E-state index in [0.29, 0.717) is 12.5 Å². The van der Waals surface area contributed by atoms with Gasteiger partial charge in [0.25, 0.3) is 0 Å². The summed E-state index contributed by atoms with van der Waals surface area (Å²) in [5.74, 6) is 0.695. The van der Waals surface area contributed by atoms with Crippen molar-refractivity contribution in [2.75, 3.05) is 25.6 Å². The Morgan fingerprint density at radius 3 is 2.65 bits per heavy atom. The topological polar surface area (TPSA) is 34.1 Å². The zero-order valence-electron chi connectivity index (χ0n) is 12.3. The van der Waals surface area contributed by atoms with Crippen molar-refractivity contribution in [3.63, 3.8) is 0 Å². The molecule has 0 spiro atoms. The van der Waals surface area contributed by atoms with E-state index in [0.717, 1.165) is 18.1 Å². The molecule has 0 radical (unpaired) electrons. The molecule has 3 nitrogen and oxygen atoms in total. The fourth-order valence-electron chi connectivity index (χ4n) is 2.03. The molecule has 4 heteroatoms. The maximum Gasteiger partial charge on any atom is 0.183 e. The smallest absolute Gasteiger partial charge is 0.183 e. The van der Waals surface area contributed by atoms with Crippen LogP contribution >= 0.6 is 11.3 Å². The van der Waals surface area contributed by atoms with Crippen molar-refractivity contribution >= 4 is 16.5 Å². The highest BCUT2D eigenvalue weighted by molar-refractivity contribution is 7.18. The van der Waals surface area contributed by atoms with Crippen LogP contribution in [0, 0.1) is 5.92 Å². The molecular formula is C16H22N2OS. The number of hydrogen-bond acceptors (Lipinski definition) is 4. The van der Waals surface area contributed by atoms with Crippen LogP contribution < -0.4 is 5.32 Å². The first-order chi connectivity index (χ1) is 9.69. The predicted molar refractivity (Wildman–Crippen MR) is 86.5 cm³/mol. The van der Waals surface area contributed by atoms with Crippen LogP contribution in [0.3, 0.4) is 0 Å². The standard InChI is InChI=1S/C16H22N2OS/c1-12(2)10-13-4-6-14(7-5-13)15-11-18-16(20-15)17-8-9-19-3/h4-7,11-12H,8-10H2,1-3H3,(H,17,18). The molecule has 0 amide bonds. The Balaban J connectivity index is 2.00. The second-order valence-corrected chi connectivity index (χ2v) is 6.27. The highest BCUT2D eigenvalue weighted by atomic mass is 32.1. The van der Waals surface area contributed by atoms with E-state index in [1.54, 1.807) is 18.4 Å². The predicted octanol–water partition coefficient (Wildman–Crippen LogP) is 4.07. The summed E-state index contributed by atoms with van der Waals surface area (Å²) in [6.07, 6.45) is 3.06. The summed E-state index contributed by atoms with van der Waals surface area (Å²) < 4.78 is 5.01. The van der Waals surface area contributed by atoms with E-state index in [2.05, 4.69) is 48.4 Å². The Morgan fingerprint density at radius 1 is 1.25 bits per heavy atom. The van der Waals surface area contributed by atoms with Crippen LogP contribution in [0.25, 0.3) is 10.4 Å². The van der Waals surface area contributed by atoms with E-state index in [9.17, 15) is 0 Å². The average Bonchev–Trinajstić information content (AvgIpc) is 2.88. The summed E-state index contributed by atoms with van der Waals surface area (Å²) in [7, 11) is 1.70. The van der Waals surface area contributed by atoms with Gasteiger partial charge in [0.1, 0.15) is 0 Å². The monoisotopic (exact) mass is 290 g/mol. The molecule has 0 aliphatic rings. The molecule has 2 rings (SSSR count). The third-order valence-corrected chi connectivity index (χ3v) is 3.97. The lowest BCUT2D eigenvalue weighted by Crippen LogP contribution is -2.06. The van der Waals surface area contributed by atoms with E-state index in [4.69, 9.17) is 4.74 Å². The van der Waals surface area contributed by atoms with Gasteiger partial charge in [0.15, 0.2) is 5.13 Å². The van der Waals surface area contributed by atoms with Crippen molar-refractivity contribution in [1.29, 1.82) is 0 Å². The Hall–Kier alpha value is -1.39. The molecule has 0 aliphatic heterocycles. The molecule has 1 N–H and O–H groups in total. The first-order valence-electron chi connectivity index (χ1n) is 6.97. The molecule has 0 aliphatic carbocycles. The minimum absolute atomic E-state index is 0.693. The summed E-state index contributed by atoms with van der Waals surface area (Å²) in [6, 6.07) is 8.80. The van der Waals surface area contributed by atoms with Gasteiger partial charge in [0.2, 0.25) is 0 Å². The van der Waals surface area contributed by atoms with Gasteiger partial charge < -0.3 is 10.1 Å². The third-order valence-electron chi connectivity index (χ3n) is 2.97. The van der Waals surface area contributed by atoms with Gasteiger partial charge in [-0.1, -0.05) is 49.4 Å². The molecule has 108 valence electrons. The summed E-state index contributed by atoms with van der Waals surface area (Å²) in [5, 5.41) is 4.20. The highest BCUT2D eigenvalue weighted by Gasteiger charge is 2.05. The average molecular weight is 290 g/mol. The zero-order chi connectivity index (χ0) is 14.4. The quantitative estimate of drug-likeness (QED) is 0.781. The molecular weight excluding hydrogens is 268 g/mol. The fourth-order valence-corrected chi connectivity index (χ4v) is 2.87. The number of benzene rings is 1. The minimum Gasteiger partial charge on any atom is -0.383 e. The van der Waals surface area contributed by atoms with E-state index >= 15 is 0 Å². The van der Waals surface area contributed by atoms with E-state index in [1.165, 1.54) is 16.0 Å². The van der Waals surface area contributed by atoms with Gasteiger partial charge in [-0.25, -0.2) is 4.98 Å². The van der Waals surface area contributed by atoms with Gasteiger partial charge in [0.05, 0.1) is 11.5 Å². The number of aromatic nitrogens is 1.